The molecule has 0 saturated heterocycles. The highest BCUT2D eigenvalue weighted by Gasteiger charge is 2.04. The summed E-state index contributed by atoms with van der Waals surface area (Å²) in [4.78, 5) is 4.04. The van der Waals surface area contributed by atoms with Gasteiger partial charge in [-0.05, 0) is 12.5 Å². The normalized spacial score (nSPS) is 11.8. The van der Waals surface area contributed by atoms with Gasteiger partial charge in [0.2, 0.25) is 0 Å². The zero-order chi connectivity index (χ0) is 12.0. The first kappa shape index (κ1) is 12.5. The smallest absolute Gasteiger partial charge is 0.150 e. The molecule has 1 aromatic heterocycles. The molecule has 0 saturated carbocycles. The number of hydrogen-bond donors (Lipinski definition) is 2. The number of anilines is 2. The van der Waals surface area contributed by atoms with Crippen molar-refractivity contribution in [2.75, 3.05) is 29.6 Å². The maximum atomic E-state index is 10.8. The van der Waals surface area contributed by atoms with Gasteiger partial charge in [0, 0.05) is 35.5 Å². The Morgan fingerprint density at radius 3 is 3.06 bits per heavy atom. The van der Waals surface area contributed by atoms with Gasteiger partial charge in [-0.2, -0.15) is 5.26 Å². The maximum absolute atomic E-state index is 10.8. The number of nitriles is 1. The first-order chi connectivity index (χ1) is 7.65. The lowest BCUT2D eigenvalue weighted by molar-refractivity contribution is 0.685. The molecular formula is C10H14N4OS. The van der Waals surface area contributed by atoms with Crippen LogP contribution >= 0.6 is 0 Å². The highest BCUT2D eigenvalue weighted by molar-refractivity contribution is 7.84. The van der Waals surface area contributed by atoms with Crippen LogP contribution in [0.25, 0.3) is 0 Å². The van der Waals surface area contributed by atoms with Crippen LogP contribution in [-0.2, 0) is 10.8 Å². The summed E-state index contributed by atoms with van der Waals surface area (Å²) < 4.78 is 10.8. The van der Waals surface area contributed by atoms with Crippen LogP contribution in [0.4, 0.5) is 11.5 Å². The van der Waals surface area contributed by atoms with Crippen LogP contribution in [0.3, 0.4) is 0 Å². The molecule has 1 heterocycles. The summed E-state index contributed by atoms with van der Waals surface area (Å²) in [7, 11) is -0.779. The van der Waals surface area contributed by atoms with Crippen molar-refractivity contribution in [1.29, 1.82) is 5.26 Å². The summed E-state index contributed by atoms with van der Waals surface area (Å²) >= 11 is 0. The van der Waals surface area contributed by atoms with E-state index in [4.69, 9.17) is 11.0 Å². The van der Waals surface area contributed by atoms with E-state index in [2.05, 4.69) is 10.3 Å². The van der Waals surface area contributed by atoms with E-state index in [0.717, 1.165) is 6.42 Å². The summed E-state index contributed by atoms with van der Waals surface area (Å²) in [5, 5.41) is 11.8. The molecule has 5 nitrogen and oxygen atoms in total. The number of pyridine rings is 1. The zero-order valence-corrected chi connectivity index (χ0v) is 9.88. The summed E-state index contributed by atoms with van der Waals surface area (Å²) in [6, 6.07) is 3.56. The van der Waals surface area contributed by atoms with Crippen molar-refractivity contribution in [2.45, 2.75) is 6.42 Å². The van der Waals surface area contributed by atoms with Crippen molar-refractivity contribution < 1.29 is 4.21 Å². The third-order valence-electron chi connectivity index (χ3n) is 2.01. The average molecular weight is 238 g/mol. The van der Waals surface area contributed by atoms with E-state index < -0.39 is 10.8 Å². The Hall–Kier alpha value is -1.61. The highest BCUT2D eigenvalue weighted by atomic mass is 32.2. The van der Waals surface area contributed by atoms with E-state index in [1.54, 1.807) is 12.3 Å². The van der Waals surface area contributed by atoms with Gasteiger partial charge in [-0.25, -0.2) is 4.98 Å². The Kier molecular flexibility index (Phi) is 4.73. The third kappa shape index (κ3) is 3.51. The van der Waals surface area contributed by atoms with Crippen LogP contribution in [0, 0.1) is 11.3 Å². The van der Waals surface area contributed by atoms with Crippen molar-refractivity contribution >= 4 is 22.3 Å². The topological polar surface area (TPSA) is 91.8 Å². The van der Waals surface area contributed by atoms with Crippen molar-refractivity contribution in [1.82, 2.24) is 4.98 Å². The summed E-state index contributed by atoms with van der Waals surface area (Å²) in [6.07, 6.45) is 3.99. The summed E-state index contributed by atoms with van der Waals surface area (Å²) in [6.45, 7) is 0.645. The minimum Gasteiger partial charge on any atom is -0.395 e. The Labute approximate surface area is 97.1 Å². The monoisotopic (exact) mass is 238 g/mol. The molecule has 3 N–H and O–H groups in total. The molecule has 0 aromatic carbocycles. The first-order valence-electron chi connectivity index (χ1n) is 4.83. The quantitative estimate of drug-likeness (QED) is 0.737. The van der Waals surface area contributed by atoms with E-state index in [0.29, 0.717) is 29.4 Å². The molecule has 1 rings (SSSR count). The number of nitrogens with two attached hydrogens (primary N) is 1. The van der Waals surface area contributed by atoms with Crippen molar-refractivity contribution in [3.63, 3.8) is 0 Å². The standard InChI is InChI=1S/C10H14N4OS/c1-16(15)6-2-4-13-10-9(12)8(7-11)3-5-14-10/h3,5H,2,4,6,12H2,1H3,(H,13,14). The van der Waals surface area contributed by atoms with Gasteiger partial charge in [0.05, 0.1) is 11.3 Å². The Balaban J connectivity index is 2.55. The average Bonchev–Trinajstić information content (AvgIpc) is 2.26. The maximum Gasteiger partial charge on any atom is 0.150 e. The van der Waals surface area contributed by atoms with E-state index in [-0.39, 0.29) is 0 Å². The SMILES string of the molecule is CS(=O)CCCNc1nccc(C#N)c1N. The Morgan fingerprint density at radius 1 is 1.69 bits per heavy atom. The first-order valence-corrected chi connectivity index (χ1v) is 6.56. The van der Waals surface area contributed by atoms with Crippen molar-refractivity contribution in [3.8, 4) is 6.07 Å². The van der Waals surface area contributed by atoms with Crippen LogP contribution in [-0.4, -0.2) is 27.7 Å². The van der Waals surface area contributed by atoms with Gasteiger partial charge < -0.3 is 11.1 Å². The molecule has 6 heteroatoms. The predicted octanol–water partition coefficient (Wildman–Crippen LogP) is 0.716. The molecule has 0 amide bonds. The zero-order valence-electron chi connectivity index (χ0n) is 9.06. The molecule has 0 radical (unpaired) electrons. The molecule has 0 aliphatic heterocycles. The Bertz CT molecular complexity index is 427. The van der Waals surface area contributed by atoms with Gasteiger partial charge in [0.15, 0.2) is 5.82 Å². The molecule has 0 aliphatic carbocycles. The van der Waals surface area contributed by atoms with E-state index in [1.807, 2.05) is 6.07 Å². The van der Waals surface area contributed by atoms with Crippen LogP contribution in [0.1, 0.15) is 12.0 Å². The van der Waals surface area contributed by atoms with Gasteiger partial charge in [-0.3, -0.25) is 4.21 Å². The lowest BCUT2D eigenvalue weighted by Gasteiger charge is -2.08. The van der Waals surface area contributed by atoms with Crippen molar-refractivity contribution in [3.05, 3.63) is 17.8 Å². The fourth-order valence-electron chi connectivity index (χ4n) is 1.19. The van der Waals surface area contributed by atoms with Crippen LogP contribution < -0.4 is 11.1 Å². The van der Waals surface area contributed by atoms with Gasteiger partial charge in [0.1, 0.15) is 6.07 Å². The molecule has 0 fully saturated rings. The van der Waals surface area contributed by atoms with Crippen LogP contribution in [0.2, 0.25) is 0 Å². The molecular weight excluding hydrogens is 224 g/mol. The van der Waals surface area contributed by atoms with Crippen molar-refractivity contribution in [2.24, 2.45) is 0 Å². The fraction of sp³-hybridized carbons (Fsp3) is 0.400. The lowest BCUT2D eigenvalue weighted by Crippen LogP contribution is -2.09. The number of aromatic nitrogens is 1. The van der Waals surface area contributed by atoms with E-state index >= 15 is 0 Å². The minimum atomic E-state index is -0.779. The van der Waals surface area contributed by atoms with Gasteiger partial charge in [-0.1, -0.05) is 0 Å². The number of nitrogen functional groups attached to an aromatic ring is 1. The molecule has 1 aromatic rings. The van der Waals surface area contributed by atoms with Gasteiger partial charge in [0.25, 0.3) is 0 Å². The van der Waals surface area contributed by atoms with Crippen LogP contribution in [0.15, 0.2) is 12.3 Å². The number of nitrogens with zero attached hydrogens (tertiary/aromatic N) is 2. The second kappa shape index (κ2) is 6.08. The molecule has 0 spiro atoms. The molecule has 86 valence electrons. The lowest BCUT2D eigenvalue weighted by atomic mass is 10.2. The summed E-state index contributed by atoms with van der Waals surface area (Å²) in [5.41, 5.74) is 6.51. The summed E-state index contributed by atoms with van der Waals surface area (Å²) in [5.74, 6) is 1.16. The molecule has 16 heavy (non-hydrogen) atoms. The van der Waals surface area contributed by atoms with E-state index in [1.165, 1.54) is 6.20 Å². The van der Waals surface area contributed by atoms with Gasteiger partial charge in [-0.15, -0.1) is 0 Å². The minimum absolute atomic E-state index is 0.364. The molecule has 1 atom stereocenters. The van der Waals surface area contributed by atoms with Crippen LogP contribution in [0.5, 0.6) is 0 Å². The third-order valence-corrected chi connectivity index (χ3v) is 2.88. The molecule has 1 unspecified atom stereocenters. The molecule has 0 aliphatic rings. The number of rotatable bonds is 5. The predicted molar refractivity (Wildman–Crippen MR) is 65.4 cm³/mol. The number of hydrogen-bond acceptors (Lipinski definition) is 5. The molecule has 0 bridgehead atoms. The van der Waals surface area contributed by atoms with E-state index in [9.17, 15) is 4.21 Å². The largest absolute Gasteiger partial charge is 0.395 e. The Morgan fingerprint density at radius 2 is 2.44 bits per heavy atom. The second-order valence-electron chi connectivity index (χ2n) is 3.29. The number of nitrogens with one attached hydrogen (secondary N) is 1. The highest BCUT2D eigenvalue weighted by Crippen LogP contribution is 2.18. The second-order valence-corrected chi connectivity index (χ2v) is 4.84. The fourth-order valence-corrected chi connectivity index (χ4v) is 1.74. The van der Waals surface area contributed by atoms with Gasteiger partial charge >= 0.3 is 0 Å².